The van der Waals surface area contributed by atoms with Crippen LogP contribution in [0, 0.1) is 0 Å². The lowest BCUT2D eigenvalue weighted by molar-refractivity contribution is 0.0245. The van der Waals surface area contributed by atoms with Crippen LogP contribution in [0.25, 0.3) is 0 Å². The molecule has 0 spiro atoms. The molecule has 108 valence electrons. The van der Waals surface area contributed by atoms with Crippen LogP contribution in [-0.4, -0.2) is 43.5 Å². The van der Waals surface area contributed by atoms with Gasteiger partial charge in [0.25, 0.3) is 0 Å². The van der Waals surface area contributed by atoms with Gasteiger partial charge in [0.2, 0.25) is 0 Å². The van der Waals surface area contributed by atoms with Crippen molar-refractivity contribution < 1.29 is 28.9 Å². The Morgan fingerprint density at radius 2 is 1.65 bits per heavy atom. The predicted octanol–water partition coefficient (Wildman–Crippen LogP) is 1.72. The monoisotopic (exact) mass is 280 g/mol. The molecule has 0 aromatic heterocycles. The van der Waals surface area contributed by atoms with E-state index in [1.165, 1.54) is 30.5 Å². The number of benzene rings is 1. The third-order valence-corrected chi connectivity index (χ3v) is 2.29. The van der Waals surface area contributed by atoms with Crippen molar-refractivity contribution in [1.82, 2.24) is 0 Å². The van der Waals surface area contributed by atoms with E-state index in [4.69, 9.17) is 19.3 Å². The summed E-state index contributed by atoms with van der Waals surface area (Å²) in [5.41, 5.74) is 0.414. The lowest BCUT2D eigenvalue weighted by atomic mass is 10.1. The Hall–Kier alpha value is -2.34. The minimum atomic E-state index is -1.04. The van der Waals surface area contributed by atoms with E-state index < -0.39 is 11.9 Å². The Morgan fingerprint density at radius 3 is 2.25 bits per heavy atom. The molecule has 0 fully saturated rings. The second-order valence-electron chi connectivity index (χ2n) is 3.67. The van der Waals surface area contributed by atoms with Crippen molar-refractivity contribution in [3.05, 3.63) is 48.2 Å². The molecule has 0 aliphatic rings. The molecular weight excluding hydrogens is 264 g/mol. The normalized spacial score (nSPS) is 9.80. The molecular formula is C14H16O6. The highest BCUT2D eigenvalue weighted by Gasteiger charge is 2.08. The molecule has 6 heteroatoms. The molecule has 0 saturated carbocycles. The number of aromatic carboxylic acids is 1. The Labute approximate surface area is 116 Å². The van der Waals surface area contributed by atoms with E-state index in [-0.39, 0.29) is 18.8 Å². The molecule has 0 aliphatic carbocycles. The number of esters is 1. The summed E-state index contributed by atoms with van der Waals surface area (Å²) < 4.78 is 15.0. The van der Waals surface area contributed by atoms with Gasteiger partial charge in [0.1, 0.15) is 13.2 Å². The lowest BCUT2D eigenvalue weighted by Gasteiger charge is -2.06. The SMILES string of the molecule is C=COCCOCCOC(=O)c1ccc(C(=O)O)cc1. The lowest BCUT2D eigenvalue weighted by Crippen LogP contribution is -2.12. The average molecular weight is 280 g/mol. The molecule has 1 N–H and O–H groups in total. The number of carbonyl (C=O) groups excluding carboxylic acids is 1. The van der Waals surface area contributed by atoms with Crippen LogP contribution in [0.5, 0.6) is 0 Å². The molecule has 0 heterocycles. The van der Waals surface area contributed by atoms with Crippen molar-refractivity contribution in [2.75, 3.05) is 26.4 Å². The summed E-state index contributed by atoms with van der Waals surface area (Å²) in [5, 5.41) is 8.73. The first kappa shape index (κ1) is 15.7. The van der Waals surface area contributed by atoms with Gasteiger partial charge in [-0.2, -0.15) is 0 Å². The minimum Gasteiger partial charge on any atom is -0.499 e. The van der Waals surface area contributed by atoms with Gasteiger partial charge in [-0.25, -0.2) is 9.59 Å². The quantitative estimate of drug-likeness (QED) is 0.421. The van der Waals surface area contributed by atoms with Crippen LogP contribution in [0.1, 0.15) is 20.7 Å². The molecule has 0 aliphatic heterocycles. The average Bonchev–Trinajstić information content (AvgIpc) is 2.46. The first-order valence-corrected chi connectivity index (χ1v) is 5.96. The van der Waals surface area contributed by atoms with E-state index in [0.717, 1.165) is 0 Å². The summed E-state index contributed by atoms with van der Waals surface area (Å²) in [4.78, 5) is 22.2. The minimum absolute atomic E-state index is 0.118. The number of carbonyl (C=O) groups is 2. The van der Waals surface area contributed by atoms with Crippen LogP contribution in [0.15, 0.2) is 37.1 Å². The van der Waals surface area contributed by atoms with Crippen molar-refractivity contribution >= 4 is 11.9 Å². The molecule has 0 bridgehead atoms. The fourth-order valence-corrected chi connectivity index (χ4v) is 1.32. The number of hydrogen-bond donors (Lipinski definition) is 1. The van der Waals surface area contributed by atoms with Gasteiger partial charge >= 0.3 is 11.9 Å². The highest BCUT2D eigenvalue weighted by atomic mass is 16.6. The summed E-state index contributed by atoms with van der Waals surface area (Å²) in [6.07, 6.45) is 1.32. The Balaban J connectivity index is 2.25. The Bertz CT molecular complexity index is 451. The Morgan fingerprint density at radius 1 is 1.05 bits per heavy atom. The smallest absolute Gasteiger partial charge is 0.338 e. The van der Waals surface area contributed by atoms with Crippen LogP contribution in [0.2, 0.25) is 0 Å². The fourth-order valence-electron chi connectivity index (χ4n) is 1.32. The molecule has 0 saturated heterocycles. The van der Waals surface area contributed by atoms with Crippen molar-refractivity contribution in [3.63, 3.8) is 0 Å². The van der Waals surface area contributed by atoms with Crippen molar-refractivity contribution in [2.45, 2.75) is 0 Å². The molecule has 1 rings (SSSR count). The first-order valence-electron chi connectivity index (χ1n) is 5.96. The third-order valence-electron chi connectivity index (χ3n) is 2.29. The van der Waals surface area contributed by atoms with Crippen LogP contribution >= 0.6 is 0 Å². The zero-order valence-electron chi connectivity index (χ0n) is 10.9. The molecule has 1 aromatic carbocycles. The van der Waals surface area contributed by atoms with Crippen molar-refractivity contribution in [2.24, 2.45) is 0 Å². The number of hydrogen-bond acceptors (Lipinski definition) is 5. The molecule has 0 unspecified atom stereocenters. The molecule has 6 nitrogen and oxygen atoms in total. The van der Waals surface area contributed by atoms with Crippen LogP contribution in [0.4, 0.5) is 0 Å². The second kappa shape index (κ2) is 8.71. The second-order valence-corrected chi connectivity index (χ2v) is 3.67. The van der Waals surface area contributed by atoms with E-state index in [1.807, 2.05) is 0 Å². The molecule has 0 atom stereocenters. The number of carboxylic acid groups (broad SMARTS) is 1. The summed E-state index contributed by atoms with van der Waals surface area (Å²) in [6, 6.07) is 5.51. The van der Waals surface area contributed by atoms with Gasteiger partial charge in [0, 0.05) is 0 Å². The largest absolute Gasteiger partial charge is 0.499 e. The standard InChI is InChI=1S/C14H16O6/c1-2-18-7-8-19-9-10-20-14(17)12-5-3-11(4-6-12)13(15)16/h2-6H,1,7-10H2,(H,15,16). The van der Waals surface area contributed by atoms with Gasteiger partial charge < -0.3 is 19.3 Å². The third kappa shape index (κ3) is 5.53. The predicted molar refractivity (Wildman–Crippen MR) is 70.7 cm³/mol. The summed E-state index contributed by atoms with van der Waals surface area (Å²) in [6.45, 7) is 4.55. The molecule has 0 amide bonds. The van der Waals surface area contributed by atoms with Crippen molar-refractivity contribution in [3.8, 4) is 0 Å². The fraction of sp³-hybridized carbons (Fsp3) is 0.286. The molecule has 20 heavy (non-hydrogen) atoms. The van der Waals surface area contributed by atoms with E-state index in [0.29, 0.717) is 18.8 Å². The number of ether oxygens (including phenoxy) is 3. The van der Waals surface area contributed by atoms with Gasteiger partial charge in [0.05, 0.1) is 30.6 Å². The number of rotatable bonds is 9. The van der Waals surface area contributed by atoms with Gasteiger partial charge in [0.15, 0.2) is 0 Å². The number of carboxylic acids is 1. The zero-order valence-corrected chi connectivity index (χ0v) is 10.9. The Kier molecular flexibility index (Phi) is 6.84. The topological polar surface area (TPSA) is 82.1 Å². The summed E-state index contributed by atoms with van der Waals surface area (Å²) in [7, 11) is 0. The summed E-state index contributed by atoms with van der Waals surface area (Å²) >= 11 is 0. The van der Waals surface area contributed by atoms with Gasteiger partial charge in [-0.1, -0.05) is 6.58 Å². The van der Waals surface area contributed by atoms with E-state index in [2.05, 4.69) is 6.58 Å². The van der Waals surface area contributed by atoms with E-state index >= 15 is 0 Å². The molecule has 0 radical (unpaired) electrons. The molecule has 1 aromatic rings. The van der Waals surface area contributed by atoms with Gasteiger partial charge in [-0.3, -0.25) is 0 Å². The summed E-state index contributed by atoms with van der Waals surface area (Å²) in [5.74, 6) is -1.56. The van der Waals surface area contributed by atoms with Gasteiger partial charge in [-0.15, -0.1) is 0 Å². The highest BCUT2D eigenvalue weighted by molar-refractivity contribution is 5.92. The van der Waals surface area contributed by atoms with Crippen LogP contribution < -0.4 is 0 Å². The van der Waals surface area contributed by atoms with Crippen molar-refractivity contribution in [1.29, 1.82) is 0 Å². The van der Waals surface area contributed by atoms with Gasteiger partial charge in [-0.05, 0) is 24.3 Å². The maximum Gasteiger partial charge on any atom is 0.338 e. The maximum absolute atomic E-state index is 11.6. The van der Waals surface area contributed by atoms with Crippen LogP contribution in [0.3, 0.4) is 0 Å². The van der Waals surface area contributed by atoms with E-state index in [9.17, 15) is 9.59 Å². The highest BCUT2D eigenvalue weighted by Crippen LogP contribution is 2.06. The first-order chi connectivity index (χ1) is 9.65. The zero-order chi connectivity index (χ0) is 14.8. The maximum atomic E-state index is 11.6. The van der Waals surface area contributed by atoms with E-state index in [1.54, 1.807) is 0 Å². The van der Waals surface area contributed by atoms with Crippen LogP contribution in [-0.2, 0) is 14.2 Å².